The van der Waals surface area contributed by atoms with Crippen LogP contribution in [-0.2, 0) is 0 Å². The topological polar surface area (TPSA) is 40.7 Å². The second kappa shape index (κ2) is 3.18. The van der Waals surface area contributed by atoms with E-state index in [1.54, 1.807) is 0 Å². The Balaban J connectivity index is 2.49. The van der Waals surface area contributed by atoms with Crippen LogP contribution in [0.3, 0.4) is 0 Å². The minimum absolute atomic E-state index is 0.271. The van der Waals surface area contributed by atoms with Crippen LogP contribution in [0.15, 0.2) is 24.3 Å². The van der Waals surface area contributed by atoms with Crippen molar-refractivity contribution in [2.24, 2.45) is 0 Å². The predicted molar refractivity (Wildman–Crippen MR) is 53.6 cm³/mol. The first-order chi connectivity index (χ1) is 6.31. The van der Waals surface area contributed by atoms with E-state index in [4.69, 9.17) is 0 Å². The van der Waals surface area contributed by atoms with E-state index in [9.17, 15) is 0 Å². The number of rotatable bonds is 2. The number of benzene rings is 1. The summed E-state index contributed by atoms with van der Waals surface area (Å²) >= 11 is 0. The third-order valence-electron chi connectivity index (χ3n) is 2.25. The van der Waals surface area contributed by atoms with Crippen LogP contribution in [0.2, 0.25) is 0 Å². The van der Waals surface area contributed by atoms with Gasteiger partial charge in [0.25, 0.3) is 0 Å². The molecule has 2 rings (SSSR count). The zero-order chi connectivity index (χ0) is 9.26. The summed E-state index contributed by atoms with van der Waals surface area (Å²) < 4.78 is 0. The highest BCUT2D eigenvalue weighted by Gasteiger charge is 2.06. The van der Waals surface area contributed by atoms with Crippen LogP contribution in [-0.4, -0.2) is 17.0 Å². The van der Waals surface area contributed by atoms with Crippen molar-refractivity contribution < 1.29 is 0 Å². The molecule has 0 aliphatic rings. The van der Waals surface area contributed by atoms with Crippen LogP contribution in [0.25, 0.3) is 11.0 Å². The van der Waals surface area contributed by atoms with Gasteiger partial charge in [0.2, 0.25) is 0 Å². The number of H-pyrrole nitrogens is 1. The van der Waals surface area contributed by atoms with Gasteiger partial charge in [-0.1, -0.05) is 12.1 Å². The van der Waals surface area contributed by atoms with Gasteiger partial charge in [0.1, 0.15) is 5.82 Å². The molecule has 2 aromatic rings. The maximum Gasteiger partial charge on any atom is 0.124 e. The standard InChI is InChI=1S/C10H13N3/c1-7(11-2)10-12-8-5-3-4-6-9(8)13-10/h3-7,11H,1-2H3,(H,12,13)/t7-/m0/s1. The summed E-state index contributed by atoms with van der Waals surface area (Å²) in [5, 5.41) is 3.15. The summed E-state index contributed by atoms with van der Waals surface area (Å²) in [6, 6.07) is 8.32. The average molecular weight is 175 g/mol. The van der Waals surface area contributed by atoms with Crippen molar-refractivity contribution >= 4 is 11.0 Å². The lowest BCUT2D eigenvalue weighted by Gasteiger charge is -2.04. The number of aromatic nitrogens is 2. The first-order valence-corrected chi connectivity index (χ1v) is 4.43. The molecular formula is C10H13N3. The average Bonchev–Trinajstić information content (AvgIpc) is 2.59. The van der Waals surface area contributed by atoms with Crippen molar-refractivity contribution in [3.63, 3.8) is 0 Å². The Morgan fingerprint density at radius 1 is 1.38 bits per heavy atom. The van der Waals surface area contributed by atoms with E-state index < -0.39 is 0 Å². The molecule has 0 aliphatic heterocycles. The van der Waals surface area contributed by atoms with Crippen molar-refractivity contribution in [2.75, 3.05) is 7.05 Å². The summed E-state index contributed by atoms with van der Waals surface area (Å²) in [7, 11) is 1.93. The van der Waals surface area contributed by atoms with Crippen molar-refractivity contribution in [3.8, 4) is 0 Å². The van der Waals surface area contributed by atoms with Crippen molar-refractivity contribution in [2.45, 2.75) is 13.0 Å². The number of hydrogen-bond donors (Lipinski definition) is 2. The smallest absolute Gasteiger partial charge is 0.124 e. The molecule has 0 fully saturated rings. The third kappa shape index (κ3) is 1.42. The first kappa shape index (κ1) is 8.26. The summed E-state index contributed by atoms with van der Waals surface area (Å²) in [5.74, 6) is 0.990. The third-order valence-corrected chi connectivity index (χ3v) is 2.25. The molecule has 2 N–H and O–H groups in total. The molecule has 0 bridgehead atoms. The molecule has 68 valence electrons. The van der Waals surface area contributed by atoms with Crippen LogP contribution in [0.4, 0.5) is 0 Å². The van der Waals surface area contributed by atoms with Crippen molar-refractivity contribution in [3.05, 3.63) is 30.1 Å². The van der Waals surface area contributed by atoms with E-state index in [0.29, 0.717) is 0 Å². The van der Waals surface area contributed by atoms with Gasteiger partial charge in [-0.15, -0.1) is 0 Å². The SMILES string of the molecule is CN[C@@H](C)c1nc2ccccc2[nH]1. The summed E-state index contributed by atoms with van der Waals surface area (Å²) in [5.41, 5.74) is 2.12. The number of nitrogens with zero attached hydrogens (tertiary/aromatic N) is 1. The maximum absolute atomic E-state index is 4.47. The highest BCUT2D eigenvalue weighted by molar-refractivity contribution is 5.74. The number of fused-ring (bicyclic) bond motifs is 1. The van der Waals surface area contributed by atoms with E-state index in [2.05, 4.69) is 22.2 Å². The Morgan fingerprint density at radius 3 is 2.85 bits per heavy atom. The van der Waals surface area contributed by atoms with Crippen LogP contribution < -0.4 is 5.32 Å². The van der Waals surface area contributed by atoms with Crippen LogP contribution in [0.1, 0.15) is 18.8 Å². The van der Waals surface area contributed by atoms with E-state index in [1.165, 1.54) is 0 Å². The van der Waals surface area contributed by atoms with E-state index in [-0.39, 0.29) is 6.04 Å². The van der Waals surface area contributed by atoms with E-state index >= 15 is 0 Å². The van der Waals surface area contributed by atoms with Gasteiger partial charge < -0.3 is 10.3 Å². The molecule has 0 aliphatic carbocycles. The molecule has 0 unspecified atom stereocenters. The van der Waals surface area contributed by atoms with E-state index in [0.717, 1.165) is 16.9 Å². The van der Waals surface area contributed by atoms with Gasteiger partial charge >= 0.3 is 0 Å². The maximum atomic E-state index is 4.47. The predicted octanol–water partition coefficient (Wildman–Crippen LogP) is 1.84. The van der Waals surface area contributed by atoms with Crippen molar-refractivity contribution in [1.82, 2.24) is 15.3 Å². The highest BCUT2D eigenvalue weighted by Crippen LogP contribution is 2.14. The van der Waals surface area contributed by atoms with Crippen LogP contribution in [0, 0.1) is 0 Å². The number of nitrogens with one attached hydrogen (secondary N) is 2. The van der Waals surface area contributed by atoms with Gasteiger partial charge in [-0.25, -0.2) is 4.98 Å². The molecule has 1 heterocycles. The quantitative estimate of drug-likeness (QED) is 0.731. The summed E-state index contributed by atoms with van der Waals surface area (Å²) in [6.07, 6.45) is 0. The lowest BCUT2D eigenvalue weighted by Crippen LogP contribution is -2.13. The fraction of sp³-hybridized carbons (Fsp3) is 0.300. The molecule has 3 heteroatoms. The minimum Gasteiger partial charge on any atom is -0.341 e. The number of hydrogen-bond acceptors (Lipinski definition) is 2. The van der Waals surface area contributed by atoms with Gasteiger partial charge in [-0.2, -0.15) is 0 Å². The summed E-state index contributed by atoms with van der Waals surface area (Å²) in [6.45, 7) is 2.08. The molecule has 1 aromatic heterocycles. The van der Waals surface area contributed by atoms with Crippen molar-refractivity contribution in [1.29, 1.82) is 0 Å². The fourth-order valence-corrected chi connectivity index (χ4v) is 1.31. The Hall–Kier alpha value is -1.35. The Morgan fingerprint density at radius 2 is 2.15 bits per heavy atom. The second-order valence-corrected chi connectivity index (χ2v) is 3.15. The molecule has 13 heavy (non-hydrogen) atoms. The number of aromatic amines is 1. The van der Waals surface area contributed by atoms with Gasteiger partial charge in [-0.3, -0.25) is 0 Å². The normalized spacial score (nSPS) is 13.4. The lowest BCUT2D eigenvalue weighted by atomic mass is 10.3. The largest absolute Gasteiger partial charge is 0.341 e. The van der Waals surface area contributed by atoms with E-state index in [1.807, 2.05) is 31.3 Å². The number of para-hydroxylation sites is 2. The highest BCUT2D eigenvalue weighted by atomic mass is 15.0. The molecule has 0 saturated carbocycles. The molecule has 0 amide bonds. The molecule has 1 aromatic carbocycles. The molecule has 0 saturated heterocycles. The first-order valence-electron chi connectivity index (χ1n) is 4.43. The molecule has 3 nitrogen and oxygen atoms in total. The Labute approximate surface area is 77.2 Å². The zero-order valence-corrected chi connectivity index (χ0v) is 7.83. The van der Waals surface area contributed by atoms with Crippen LogP contribution in [0.5, 0.6) is 0 Å². The van der Waals surface area contributed by atoms with Gasteiger partial charge in [0.15, 0.2) is 0 Å². The van der Waals surface area contributed by atoms with Gasteiger partial charge in [-0.05, 0) is 26.1 Å². The molecule has 0 spiro atoms. The number of imidazole rings is 1. The fourth-order valence-electron chi connectivity index (χ4n) is 1.31. The Bertz CT molecular complexity index is 372. The molecule has 0 radical (unpaired) electrons. The molecular weight excluding hydrogens is 162 g/mol. The van der Waals surface area contributed by atoms with Gasteiger partial charge in [0.05, 0.1) is 17.1 Å². The monoisotopic (exact) mass is 175 g/mol. The Kier molecular flexibility index (Phi) is 2.02. The minimum atomic E-state index is 0.271. The zero-order valence-electron chi connectivity index (χ0n) is 7.83. The summed E-state index contributed by atoms with van der Waals surface area (Å²) in [4.78, 5) is 7.74. The molecule has 1 atom stereocenters. The lowest BCUT2D eigenvalue weighted by molar-refractivity contribution is 0.620. The van der Waals surface area contributed by atoms with Crippen LogP contribution >= 0.6 is 0 Å². The van der Waals surface area contributed by atoms with Gasteiger partial charge in [0, 0.05) is 0 Å². The second-order valence-electron chi connectivity index (χ2n) is 3.15.